The molecule has 1 N–H and O–H groups in total. The van der Waals surface area contributed by atoms with Crippen molar-refractivity contribution in [2.75, 3.05) is 6.54 Å². The van der Waals surface area contributed by atoms with Crippen molar-refractivity contribution in [2.24, 2.45) is 0 Å². The third kappa shape index (κ3) is 3.49. The van der Waals surface area contributed by atoms with E-state index in [1.807, 2.05) is 0 Å². The van der Waals surface area contributed by atoms with Crippen LogP contribution in [0.5, 0.6) is 0 Å². The summed E-state index contributed by atoms with van der Waals surface area (Å²) < 4.78 is 1.28. The molecule has 2 rings (SSSR count). The first-order chi connectivity index (χ1) is 9.95. The van der Waals surface area contributed by atoms with E-state index in [2.05, 4.69) is 92.9 Å². The van der Waals surface area contributed by atoms with Gasteiger partial charge in [0.1, 0.15) is 0 Å². The quantitative estimate of drug-likeness (QED) is 0.702. The first-order valence-electron chi connectivity index (χ1n) is 7.51. The molecule has 0 amide bonds. The average Bonchev–Trinajstić information content (AvgIpc) is 2.44. The van der Waals surface area contributed by atoms with Crippen LogP contribution < -0.4 is 5.32 Å². The molecule has 21 heavy (non-hydrogen) atoms. The van der Waals surface area contributed by atoms with E-state index in [9.17, 15) is 0 Å². The van der Waals surface area contributed by atoms with Gasteiger partial charge in [0.05, 0.1) is 6.04 Å². The fraction of sp³-hybridized carbons (Fsp3) is 0.368. The maximum Gasteiger partial charge on any atom is 0.0582 e. The Morgan fingerprint density at radius 1 is 1.00 bits per heavy atom. The first kappa shape index (κ1) is 16.5. The number of hydrogen-bond donors (Lipinski definition) is 1. The van der Waals surface area contributed by atoms with E-state index in [-0.39, 0.29) is 6.04 Å². The van der Waals surface area contributed by atoms with E-state index in [1.54, 1.807) is 0 Å². The van der Waals surface area contributed by atoms with Gasteiger partial charge in [-0.1, -0.05) is 25.1 Å². The molecule has 2 aromatic carbocycles. The minimum atomic E-state index is 0.267. The SMILES string of the molecule is CCNC(c1cccc(I)c1)c1c(C)c(C)cc(C)c1C. The van der Waals surface area contributed by atoms with Crippen LogP contribution in [-0.2, 0) is 0 Å². The van der Waals surface area contributed by atoms with Gasteiger partial charge in [-0.2, -0.15) is 0 Å². The van der Waals surface area contributed by atoms with Gasteiger partial charge in [-0.25, -0.2) is 0 Å². The molecule has 0 spiro atoms. The smallest absolute Gasteiger partial charge is 0.0582 e. The lowest BCUT2D eigenvalue weighted by molar-refractivity contribution is 0.623. The van der Waals surface area contributed by atoms with Gasteiger partial charge in [-0.3, -0.25) is 0 Å². The Balaban J connectivity index is 2.64. The molecule has 112 valence electrons. The highest BCUT2D eigenvalue weighted by atomic mass is 127. The molecular formula is C19H24IN. The lowest BCUT2D eigenvalue weighted by atomic mass is 9.87. The Morgan fingerprint density at radius 2 is 1.62 bits per heavy atom. The predicted octanol–water partition coefficient (Wildman–Crippen LogP) is 5.22. The van der Waals surface area contributed by atoms with Crippen LogP contribution in [-0.4, -0.2) is 6.54 Å². The Labute approximate surface area is 142 Å². The van der Waals surface area contributed by atoms with Crippen LogP contribution in [0.25, 0.3) is 0 Å². The summed E-state index contributed by atoms with van der Waals surface area (Å²) in [6.45, 7) is 12.0. The molecule has 0 fully saturated rings. The summed E-state index contributed by atoms with van der Waals surface area (Å²) in [6.07, 6.45) is 0. The molecule has 0 aromatic heterocycles. The standard InChI is InChI=1S/C19H24IN/c1-6-21-19(16-8-7-9-17(20)11-16)18-14(4)12(2)10-13(3)15(18)5/h7-11,19,21H,6H2,1-5H3. The van der Waals surface area contributed by atoms with Crippen molar-refractivity contribution < 1.29 is 0 Å². The molecule has 1 unspecified atom stereocenters. The second-order valence-electron chi connectivity index (χ2n) is 5.72. The van der Waals surface area contributed by atoms with Crippen molar-refractivity contribution >= 4 is 22.6 Å². The number of nitrogens with one attached hydrogen (secondary N) is 1. The third-order valence-electron chi connectivity index (χ3n) is 4.30. The monoisotopic (exact) mass is 393 g/mol. The van der Waals surface area contributed by atoms with Crippen LogP contribution in [0.2, 0.25) is 0 Å². The second kappa shape index (κ2) is 6.93. The Kier molecular flexibility index (Phi) is 5.44. The molecule has 1 atom stereocenters. The Bertz CT molecular complexity index is 620. The highest BCUT2D eigenvalue weighted by molar-refractivity contribution is 14.1. The molecule has 2 heteroatoms. The van der Waals surface area contributed by atoms with E-state index in [0.29, 0.717) is 0 Å². The summed E-state index contributed by atoms with van der Waals surface area (Å²) in [6, 6.07) is 11.4. The van der Waals surface area contributed by atoms with E-state index in [4.69, 9.17) is 0 Å². The van der Waals surface area contributed by atoms with Gasteiger partial charge >= 0.3 is 0 Å². The van der Waals surface area contributed by atoms with E-state index < -0.39 is 0 Å². The number of benzene rings is 2. The number of hydrogen-bond acceptors (Lipinski definition) is 1. The van der Waals surface area contributed by atoms with Gasteiger partial charge in [-0.15, -0.1) is 0 Å². The lowest BCUT2D eigenvalue weighted by Gasteiger charge is -2.25. The molecule has 0 bridgehead atoms. The highest BCUT2D eigenvalue weighted by Crippen LogP contribution is 2.32. The summed E-state index contributed by atoms with van der Waals surface area (Å²) in [5.41, 5.74) is 8.35. The number of aryl methyl sites for hydroxylation is 2. The molecule has 1 nitrogen and oxygen atoms in total. The second-order valence-corrected chi connectivity index (χ2v) is 6.97. The van der Waals surface area contributed by atoms with E-state index in [0.717, 1.165) is 6.54 Å². The normalized spacial score (nSPS) is 12.5. The fourth-order valence-corrected chi connectivity index (χ4v) is 3.52. The Hall–Kier alpha value is -0.870. The topological polar surface area (TPSA) is 12.0 Å². The van der Waals surface area contributed by atoms with Crippen molar-refractivity contribution in [1.29, 1.82) is 0 Å². The van der Waals surface area contributed by atoms with Gasteiger partial charge in [0.2, 0.25) is 0 Å². The lowest BCUT2D eigenvalue weighted by Crippen LogP contribution is -2.24. The van der Waals surface area contributed by atoms with Crippen molar-refractivity contribution in [2.45, 2.75) is 40.7 Å². The fourth-order valence-electron chi connectivity index (χ4n) is 2.96. The van der Waals surface area contributed by atoms with Gasteiger partial charge < -0.3 is 5.32 Å². The van der Waals surface area contributed by atoms with Gasteiger partial charge in [0.25, 0.3) is 0 Å². The van der Waals surface area contributed by atoms with Crippen LogP contribution in [0.4, 0.5) is 0 Å². The molecule has 0 saturated heterocycles. The number of halogens is 1. The maximum atomic E-state index is 3.68. The zero-order valence-corrected chi connectivity index (χ0v) is 15.7. The van der Waals surface area contributed by atoms with Crippen molar-refractivity contribution in [3.8, 4) is 0 Å². The van der Waals surface area contributed by atoms with Gasteiger partial charge in [0, 0.05) is 3.57 Å². The van der Waals surface area contributed by atoms with Gasteiger partial charge in [0.15, 0.2) is 0 Å². The summed E-state index contributed by atoms with van der Waals surface area (Å²) in [4.78, 5) is 0. The zero-order valence-electron chi connectivity index (χ0n) is 13.5. The van der Waals surface area contributed by atoms with E-state index in [1.165, 1.54) is 37.0 Å². The van der Waals surface area contributed by atoms with Gasteiger partial charge in [-0.05, 0) is 102 Å². The van der Waals surface area contributed by atoms with Crippen molar-refractivity contribution in [1.82, 2.24) is 5.32 Å². The van der Waals surface area contributed by atoms with E-state index >= 15 is 0 Å². The molecule has 0 heterocycles. The molecule has 0 aliphatic rings. The first-order valence-corrected chi connectivity index (χ1v) is 8.59. The van der Waals surface area contributed by atoms with Crippen molar-refractivity contribution in [3.05, 3.63) is 67.3 Å². The highest BCUT2D eigenvalue weighted by Gasteiger charge is 2.19. The number of rotatable bonds is 4. The van der Waals surface area contributed by atoms with Crippen LogP contribution in [0.15, 0.2) is 30.3 Å². The summed E-state index contributed by atoms with van der Waals surface area (Å²) in [7, 11) is 0. The molecule has 0 saturated carbocycles. The predicted molar refractivity (Wildman–Crippen MR) is 100 cm³/mol. The Morgan fingerprint density at radius 3 is 2.14 bits per heavy atom. The van der Waals surface area contributed by atoms with Crippen LogP contribution in [0.3, 0.4) is 0 Å². The molecule has 0 radical (unpaired) electrons. The summed E-state index contributed by atoms with van der Waals surface area (Å²) in [5.74, 6) is 0. The maximum absolute atomic E-state index is 3.68. The van der Waals surface area contributed by atoms with Crippen LogP contribution >= 0.6 is 22.6 Å². The molecular weight excluding hydrogens is 369 g/mol. The van der Waals surface area contributed by atoms with Crippen LogP contribution in [0.1, 0.15) is 46.3 Å². The minimum Gasteiger partial charge on any atom is -0.307 e. The largest absolute Gasteiger partial charge is 0.307 e. The summed E-state index contributed by atoms with van der Waals surface area (Å²) in [5, 5.41) is 3.68. The molecule has 0 aliphatic carbocycles. The molecule has 0 aliphatic heterocycles. The van der Waals surface area contributed by atoms with Crippen LogP contribution in [0, 0.1) is 31.3 Å². The average molecular weight is 393 g/mol. The third-order valence-corrected chi connectivity index (χ3v) is 4.97. The zero-order chi connectivity index (χ0) is 15.6. The minimum absolute atomic E-state index is 0.267. The molecule has 2 aromatic rings. The summed E-state index contributed by atoms with van der Waals surface area (Å²) >= 11 is 2.39. The van der Waals surface area contributed by atoms with Crippen molar-refractivity contribution in [3.63, 3.8) is 0 Å².